The van der Waals surface area contributed by atoms with Crippen molar-refractivity contribution in [2.24, 2.45) is 0 Å². The van der Waals surface area contributed by atoms with Crippen LogP contribution in [0.4, 0.5) is 0 Å². The van der Waals surface area contributed by atoms with E-state index in [0.29, 0.717) is 32.6 Å². The van der Waals surface area contributed by atoms with Crippen LogP contribution in [-0.2, 0) is 14.8 Å². The largest absolute Gasteiger partial charge is 0.478 e. The summed E-state index contributed by atoms with van der Waals surface area (Å²) in [6.45, 7) is 1.58. The van der Waals surface area contributed by atoms with E-state index < -0.39 is 16.0 Å². The Labute approximate surface area is 141 Å². The summed E-state index contributed by atoms with van der Waals surface area (Å²) in [6.07, 6.45) is 4.81. The maximum atomic E-state index is 12.2. The molecule has 0 atom stereocenters. The van der Waals surface area contributed by atoms with Crippen LogP contribution in [0.1, 0.15) is 22.3 Å². The molecule has 0 bridgehead atoms. The summed E-state index contributed by atoms with van der Waals surface area (Å²) in [5, 5.41) is 8.84. The minimum Gasteiger partial charge on any atom is -0.478 e. The Morgan fingerprint density at radius 1 is 1.08 bits per heavy atom. The third-order valence-electron chi connectivity index (χ3n) is 3.81. The van der Waals surface area contributed by atoms with Crippen molar-refractivity contribution in [1.82, 2.24) is 9.21 Å². The number of benzene rings is 1. The molecule has 1 N–H and O–H groups in total. The third-order valence-corrected chi connectivity index (χ3v) is 5.11. The van der Waals surface area contributed by atoms with E-state index in [1.165, 1.54) is 28.8 Å². The highest BCUT2D eigenvalue weighted by molar-refractivity contribution is 7.88. The number of amides is 1. The van der Waals surface area contributed by atoms with Crippen molar-refractivity contribution < 1.29 is 23.1 Å². The predicted octanol–water partition coefficient (Wildman–Crippen LogP) is 0.892. The van der Waals surface area contributed by atoms with Gasteiger partial charge in [-0.1, -0.05) is 12.1 Å². The molecule has 7 nitrogen and oxygen atoms in total. The number of carbonyl (C=O) groups is 2. The van der Waals surface area contributed by atoms with Crippen molar-refractivity contribution in [3.05, 3.63) is 41.5 Å². The molecule has 1 aromatic carbocycles. The van der Waals surface area contributed by atoms with Crippen LogP contribution < -0.4 is 0 Å². The summed E-state index contributed by atoms with van der Waals surface area (Å²) in [7, 11) is -3.24. The van der Waals surface area contributed by atoms with Crippen LogP contribution in [0, 0.1) is 0 Å². The quantitative estimate of drug-likeness (QED) is 0.812. The van der Waals surface area contributed by atoms with E-state index in [1.54, 1.807) is 23.1 Å². The number of aromatic carboxylic acids is 1. The van der Waals surface area contributed by atoms with Gasteiger partial charge in [0.05, 0.1) is 11.8 Å². The second-order valence-corrected chi connectivity index (χ2v) is 7.58. The summed E-state index contributed by atoms with van der Waals surface area (Å²) >= 11 is 0. The van der Waals surface area contributed by atoms with Crippen LogP contribution in [0.15, 0.2) is 30.3 Å². The number of hydrogen-bond donors (Lipinski definition) is 1. The molecule has 130 valence electrons. The molecule has 1 aliphatic heterocycles. The Hall–Kier alpha value is -2.19. The molecule has 0 saturated carbocycles. The van der Waals surface area contributed by atoms with Crippen molar-refractivity contribution >= 4 is 28.0 Å². The van der Waals surface area contributed by atoms with Gasteiger partial charge in [0.25, 0.3) is 0 Å². The van der Waals surface area contributed by atoms with Crippen molar-refractivity contribution in [3.8, 4) is 0 Å². The molecule has 1 aliphatic rings. The second kappa shape index (κ2) is 7.59. The van der Waals surface area contributed by atoms with E-state index in [-0.39, 0.29) is 11.5 Å². The lowest BCUT2D eigenvalue weighted by Crippen LogP contribution is -2.36. The molecule has 1 aromatic rings. The van der Waals surface area contributed by atoms with Crippen molar-refractivity contribution in [3.63, 3.8) is 0 Å². The lowest BCUT2D eigenvalue weighted by atomic mass is 10.1. The standard InChI is InChI=1S/C16H20N2O5S/c1-24(22,23)18-10-2-9-17(11-12-18)15(19)8-5-13-3-6-14(7-4-13)16(20)21/h3-8H,2,9-12H2,1H3,(H,20,21)/b8-5+. The molecule has 1 saturated heterocycles. The van der Waals surface area contributed by atoms with Gasteiger partial charge < -0.3 is 10.0 Å². The average molecular weight is 352 g/mol. The molecular formula is C16H20N2O5S. The fraction of sp³-hybridized carbons (Fsp3) is 0.375. The first-order chi connectivity index (χ1) is 11.3. The van der Waals surface area contributed by atoms with Gasteiger partial charge in [-0.25, -0.2) is 17.5 Å². The van der Waals surface area contributed by atoms with Gasteiger partial charge >= 0.3 is 5.97 Å². The zero-order valence-corrected chi connectivity index (χ0v) is 14.2. The average Bonchev–Trinajstić information content (AvgIpc) is 2.79. The monoisotopic (exact) mass is 352 g/mol. The van der Waals surface area contributed by atoms with Gasteiger partial charge in [0.2, 0.25) is 15.9 Å². The fourth-order valence-corrected chi connectivity index (χ4v) is 3.33. The number of nitrogens with zero attached hydrogens (tertiary/aromatic N) is 2. The molecule has 8 heteroatoms. The molecular weight excluding hydrogens is 332 g/mol. The first-order valence-corrected chi connectivity index (χ1v) is 9.37. The smallest absolute Gasteiger partial charge is 0.335 e. The first kappa shape index (κ1) is 18.2. The Morgan fingerprint density at radius 3 is 2.33 bits per heavy atom. The fourth-order valence-electron chi connectivity index (χ4n) is 2.46. The van der Waals surface area contributed by atoms with Crippen molar-refractivity contribution in [2.45, 2.75) is 6.42 Å². The molecule has 0 spiro atoms. The first-order valence-electron chi connectivity index (χ1n) is 7.53. The second-order valence-electron chi connectivity index (χ2n) is 5.60. The molecule has 1 fully saturated rings. The third kappa shape index (κ3) is 4.90. The predicted molar refractivity (Wildman–Crippen MR) is 90.0 cm³/mol. The van der Waals surface area contributed by atoms with E-state index >= 15 is 0 Å². The van der Waals surface area contributed by atoms with Crippen molar-refractivity contribution in [2.75, 3.05) is 32.4 Å². The van der Waals surface area contributed by atoms with Crippen molar-refractivity contribution in [1.29, 1.82) is 0 Å². The summed E-state index contributed by atoms with van der Waals surface area (Å²) in [5.41, 5.74) is 0.910. The zero-order chi connectivity index (χ0) is 17.7. The number of sulfonamides is 1. The Morgan fingerprint density at radius 2 is 1.75 bits per heavy atom. The minimum atomic E-state index is -3.24. The highest BCUT2D eigenvalue weighted by atomic mass is 32.2. The van der Waals surface area contributed by atoms with Crippen LogP contribution in [-0.4, -0.2) is 67.0 Å². The molecule has 0 aromatic heterocycles. The Balaban J connectivity index is 1.97. The highest BCUT2D eigenvalue weighted by Crippen LogP contribution is 2.10. The summed E-state index contributed by atoms with van der Waals surface area (Å²) in [4.78, 5) is 24.6. The van der Waals surface area contributed by atoms with Gasteiger partial charge in [0, 0.05) is 32.3 Å². The molecule has 0 unspecified atom stereocenters. The van der Waals surface area contributed by atoms with E-state index in [9.17, 15) is 18.0 Å². The van der Waals surface area contributed by atoms with E-state index in [4.69, 9.17) is 5.11 Å². The highest BCUT2D eigenvalue weighted by Gasteiger charge is 2.22. The van der Waals surface area contributed by atoms with E-state index in [2.05, 4.69) is 0 Å². The van der Waals surface area contributed by atoms with Gasteiger partial charge in [-0.2, -0.15) is 0 Å². The summed E-state index contributed by atoms with van der Waals surface area (Å²) in [5.74, 6) is -1.19. The molecule has 0 aliphatic carbocycles. The topological polar surface area (TPSA) is 95.0 Å². The van der Waals surface area contributed by atoms with E-state index in [1.807, 2.05) is 0 Å². The molecule has 1 amide bonds. The molecule has 24 heavy (non-hydrogen) atoms. The minimum absolute atomic E-state index is 0.187. The van der Waals surface area contributed by atoms with Gasteiger partial charge in [0.1, 0.15) is 0 Å². The van der Waals surface area contributed by atoms with Gasteiger partial charge in [-0.05, 0) is 30.2 Å². The van der Waals surface area contributed by atoms with Crippen LogP contribution in [0.2, 0.25) is 0 Å². The number of hydrogen-bond acceptors (Lipinski definition) is 4. The summed E-state index contributed by atoms with van der Waals surface area (Å²) in [6, 6.07) is 6.20. The Kier molecular flexibility index (Phi) is 5.74. The lowest BCUT2D eigenvalue weighted by Gasteiger charge is -2.19. The number of carboxylic acid groups (broad SMARTS) is 1. The summed E-state index contributed by atoms with van der Waals surface area (Å²) < 4.78 is 24.5. The van der Waals surface area contributed by atoms with E-state index in [0.717, 1.165) is 5.56 Å². The zero-order valence-electron chi connectivity index (χ0n) is 13.4. The SMILES string of the molecule is CS(=O)(=O)N1CCCN(C(=O)/C=C/c2ccc(C(=O)O)cc2)CC1. The maximum Gasteiger partial charge on any atom is 0.335 e. The van der Waals surface area contributed by atoms with Gasteiger partial charge in [-0.15, -0.1) is 0 Å². The molecule has 1 heterocycles. The van der Waals surface area contributed by atoms with Gasteiger partial charge in [-0.3, -0.25) is 4.79 Å². The maximum absolute atomic E-state index is 12.2. The lowest BCUT2D eigenvalue weighted by molar-refractivity contribution is -0.125. The normalized spacial score (nSPS) is 17.0. The molecule has 2 rings (SSSR count). The van der Waals surface area contributed by atoms with Crippen LogP contribution in [0.5, 0.6) is 0 Å². The Bertz CT molecular complexity index is 740. The van der Waals surface area contributed by atoms with Crippen LogP contribution >= 0.6 is 0 Å². The molecule has 0 radical (unpaired) electrons. The van der Waals surface area contributed by atoms with Gasteiger partial charge in [0.15, 0.2) is 0 Å². The van der Waals surface area contributed by atoms with Crippen LogP contribution in [0.25, 0.3) is 6.08 Å². The number of rotatable bonds is 4. The van der Waals surface area contributed by atoms with Crippen LogP contribution in [0.3, 0.4) is 0 Å². The number of carboxylic acids is 1. The number of carbonyl (C=O) groups excluding carboxylic acids is 1.